The van der Waals surface area contributed by atoms with E-state index >= 15 is 0 Å². The summed E-state index contributed by atoms with van der Waals surface area (Å²) in [5.74, 6) is 0.581. The fourth-order valence-corrected chi connectivity index (χ4v) is 3.02. The van der Waals surface area contributed by atoms with Crippen molar-refractivity contribution in [1.82, 2.24) is 15.4 Å². The van der Waals surface area contributed by atoms with Gasteiger partial charge in [0.2, 0.25) is 10.0 Å². The smallest absolute Gasteiger partial charge is 0.213 e. The molecule has 27 heavy (non-hydrogen) atoms. The molecule has 0 aliphatic carbocycles. The third-order valence-corrected chi connectivity index (χ3v) is 4.95. The lowest BCUT2D eigenvalue weighted by molar-refractivity contribution is 0.129. The van der Waals surface area contributed by atoms with Crippen LogP contribution in [0.2, 0.25) is 0 Å². The van der Waals surface area contributed by atoms with Gasteiger partial charge in [-0.25, -0.2) is 13.1 Å². The molecule has 0 radical (unpaired) electrons. The molecule has 9 heteroatoms. The first-order valence-corrected chi connectivity index (χ1v) is 10.8. The number of nitrogens with one attached hydrogen (secondary N) is 3. The van der Waals surface area contributed by atoms with Crippen molar-refractivity contribution < 1.29 is 13.2 Å². The molecule has 0 saturated heterocycles. The van der Waals surface area contributed by atoms with E-state index in [2.05, 4.69) is 27.3 Å². The van der Waals surface area contributed by atoms with Gasteiger partial charge in [0.1, 0.15) is 0 Å². The van der Waals surface area contributed by atoms with Gasteiger partial charge in [-0.15, -0.1) is 24.0 Å². The van der Waals surface area contributed by atoms with Gasteiger partial charge >= 0.3 is 0 Å². The van der Waals surface area contributed by atoms with E-state index in [9.17, 15) is 8.42 Å². The number of ether oxygens (including phenoxy) is 1. The zero-order valence-corrected chi connectivity index (χ0v) is 19.4. The normalized spacial score (nSPS) is 11.7. The first kappa shape index (κ1) is 26.1. The lowest BCUT2D eigenvalue weighted by Gasteiger charge is -2.12. The van der Waals surface area contributed by atoms with E-state index in [0.29, 0.717) is 19.1 Å². The second kappa shape index (κ2) is 16.1. The van der Waals surface area contributed by atoms with Crippen LogP contribution in [0.3, 0.4) is 0 Å². The SMILES string of the molecule is CCCCOCCCNC(=NC)NCCS(=O)(=O)NCc1ccccc1.I. The van der Waals surface area contributed by atoms with Gasteiger partial charge in [0.15, 0.2) is 5.96 Å². The molecule has 0 aromatic heterocycles. The maximum Gasteiger partial charge on any atom is 0.213 e. The molecule has 0 spiro atoms. The predicted octanol–water partition coefficient (Wildman–Crippen LogP) is 2.10. The maximum absolute atomic E-state index is 12.0. The van der Waals surface area contributed by atoms with Gasteiger partial charge in [0.25, 0.3) is 0 Å². The minimum absolute atomic E-state index is 0. The van der Waals surface area contributed by atoms with E-state index < -0.39 is 10.0 Å². The fraction of sp³-hybridized carbons (Fsp3) is 0.611. The second-order valence-electron chi connectivity index (χ2n) is 5.87. The number of benzene rings is 1. The van der Waals surface area contributed by atoms with Crippen molar-refractivity contribution in [3.05, 3.63) is 35.9 Å². The fourth-order valence-electron chi connectivity index (χ4n) is 2.12. The van der Waals surface area contributed by atoms with Gasteiger partial charge in [0.05, 0.1) is 5.75 Å². The van der Waals surface area contributed by atoms with E-state index in [-0.39, 0.29) is 36.3 Å². The lowest BCUT2D eigenvalue weighted by atomic mass is 10.2. The Morgan fingerprint density at radius 1 is 1.07 bits per heavy atom. The van der Waals surface area contributed by atoms with E-state index in [0.717, 1.165) is 38.0 Å². The third-order valence-electron chi connectivity index (χ3n) is 3.63. The van der Waals surface area contributed by atoms with Crippen LogP contribution in [-0.2, 0) is 21.3 Å². The molecular weight excluding hydrogens is 479 g/mol. The first-order chi connectivity index (χ1) is 12.6. The van der Waals surface area contributed by atoms with Crippen molar-refractivity contribution in [1.29, 1.82) is 0 Å². The standard InChI is InChI=1S/C18H32N4O3S.HI/c1-3-4-13-25-14-8-11-20-18(19-2)21-12-15-26(23,24)22-16-17-9-6-5-7-10-17;/h5-7,9-10,22H,3-4,8,11-16H2,1-2H3,(H2,19,20,21);1H. The van der Waals surface area contributed by atoms with Crippen LogP contribution in [0.4, 0.5) is 0 Å². The number of aliphatic imine (C=N–C) groups is 1. The molecule has 0 atom stereocenters. The Morgan fingerprint density at radius 2 is 1.74 bits per heavy atom. The Labute approximate surface area is 180 Å². The number of hydrogen-bond acceptors (Lipinski definition) is 4. The maximum atomic E-state index is 12.0. The van der Waals surface area contributed by atoms with Crippen LogP contribution in [-0.4, -0.2) is 53.5 Å². The summed E-state index contributed by atoms with van der Waals surface area (Å²) in [6.45, 7) is 4.97. The van der Waals surface area contributed by atoms with Crippen molar-refractivity contribution in [2.75, 3.05) is 39.1 Å². The van der Waals surface area contributed by atoms with Crippen molar-refractivity contribution in [3.63, 3.8) is 0 Å². The molecule has 1 rings (SSSR count). The molecule has 0 unspecified atom stereocenters. The van der Waals surface area contributed by atoms with E-state index in [1.165, 1.54) is 0 Å². The highest BCUT2D eigenvalue weighted by Gasteiger charge is 2.10. The van der Waals surface area contributed by atoms with E-state index in [4.69, 9.17) is 4.74 Å². The monoisotopic (exact) mass is 512 g/mol. The Balaban J connectivity index is 0.00000676. The van der Waals surface area contributed by atoms with E-state index in [1.807, 2.05) is 30.3 Å². The quantitative estimate of drug-likeness (QED) is 0.163. The van der Waals surface area contributed by atoms with Crippen LogP contribution in [0.1, 0.15) is 31.7 Å². The molecule has 0 aliphatic rings. The minimum Gasteiger partial charge on any atom is -0.381 e. The molecule has 0 fully saturated rings. The van der Waals surface area contributed by atoms with Gasteiger partial charge in [0, 0.05) is 39.9 Å². The summed E-state index contributed by atoms with van der Waals surface area (Å²) >= 11 is 0. The zero-order valence-electron chi connectivity index (χ0n) is 16.2. The number of halogens is 1. The number of sulfonamides is 1. The Hall–Kier alpha value is -0.910. The Kier molecular flexibility index (Phi) is 15.5. The molecule has 3 N–H and O–H groups in total. The summed E-state index contributed by atoms with van der Waals surface area (Å²) in [6.07, 6.45) is 3.10. The number of guanidine groups is 1. The Morgan fingerprint density at radius 3 is 2.41 bits per heavy atom. The number of rotatable bonds is 13. The highest BCUT2D eigenvalue weighted by Crippen LogP contribution is 1.98. The van der Waals surface area contributed by atoms with Crippen LogP contribution in [0.15, 0.2) is 35.3 Å². The molecular formula is C18H33IN4O3S. The third kappa shape index (κ3) is 13.8. The summed E-state index contributed by atoms with van der Waals surface area (Å²) in [4.78, 5) is 4.09. The van der Waals surface area contributed by atoms with Crippen LogP contribution in [0.25, 0.3) is 0 Å². The number of hydrogen-bond donors (Lipinski definition) is 3. The lowest BCUT2D eigenvalue weighted by Crippen LogP contribution is -2.41. The van der Waals surface area contributed by atoms with Crippen molar-refractivity contribution >= 4 is 40.0 Å². The van der Waals surface area contributed by atoms with Gasteiger partial charge < -0.3 is 15.4 Å². The highest BCUT2D eigenvalue weighted by atomic mass is 127. The van der Waals surface area contributed by atoms with Crippen LogP contribution in [0, 0.1) is 0 Å². The van der Waals surface area contributed by atoms with Gasteiger partial charge in [-0.05, 0) is 18.4 Å². The van der Waals surface area contributed by atoms with Gasteiger partial charge in [-0.1, -0.05) is 43.7 Å². The van der Waals surface area contributed by atoms with Crippen molar-refractivity contribution in [3.8, 4) is 0 Å². The molecule has 7 nitrogen and oxygen atoms in total. The number of unbranched alkanes of at least 4 members (excludes halogenated alkanes) is 1. The predicted molar refractivity (Wildman–Crippen MR) is 122 cm³/mol. The minimum atomic E-state index is -3.34. The van der Waals surface area contributed by atoms with Crippen LogP contribution < -0.4 is 15.4 Å². The molecule has 0 amide bonds. The summed E-state index contributed by atoms with van der Waals surface area (Å²) in [5.41, 5.74) is 0.933. The molecule has 0 bridgehead atoms. The van der Waals surface area contributed by atoms with Crippen LogP contribution >= 0.6 is 24.0 Å². The molecule has 0 saturated carbocycles. The second-order valence-corrected chi connectivity index (χ2v) is 7.80. The molecule has 1 aromatic carbocycles. The average molecular weight is 512 g/mol. The molecule has 156 valence electrons. The highest BCUT2D eigenvalue weighted by molar-refractivity contribution is 14.0. The number of nitrogens with zero attached hydrogens (tertiary/aromatic N) is 1. The summed E-state index contributed by atoms with van der Waals surface area (Å²) < 4.78 is 32.2. The summed E-state index contributed by atoms with van der Waals surface area (Å²) in [6, 6.07) is 9.44. The first-order valence-electron chi connectivity index (χ1n) is 9.11. The van der Waals surface area contributed by atoms with Crippen molar-refractivity contribution in [2.45, 2.75) is 32.7 Å². The Bertz CT molecular complexity index is 612. The van der Waals surface area contributed by atoms with Crippen LogP contribution in [0.5, 0.6) is 0 Å². The topological polar surface area (TPSA) is 91.8 Å². The summed E-state index contributed by atoms with van der Waals surface area (Å²) in [5, 5.41) is 6.16. The zero-order chi connectivity index (χ0) is 19.1. The van der Waals surface area contributed by atoms with E-state index in [1.54, 1.807) is 7.05 Å². The molecule has 0 aliphatic heterocycles. The van der Waals surface area contributed by atoms with Gasteiger partial charge in [-0.2, -0.15) is 0 Å². The van der Waals surface area contributed by atoms with Crippen molar-refractivity contribution in [2.24, 2.45) is 4.99 Å². The molecule has 0 heterocycles. The molecule has 1 aromatic rings. The average Bonchev–Trinajstić information content (AvgIpc) is 2.65. The van der Waals surface area contributed by atoms with Gasteiger partial charge in [-0.3, -0.25) is 4.99 Å². The largest absolute Gasteiger partial charge is 0.381 e. The summed E-state index contributed by atoms with van der Waals surface area (Å²) in [7, 11) is -1.68.